The Morgan fingerprint density at radius 3 is 1.28 bits per heavy atom. The topological polar surface area (TPSA) is 0 Å². The van der Waals surface area contributed by atoms with Crippen LogP contribution in [-0.4, -0.2) is 11.5 Å². The molecule has 0 aromatic heterocycles. The van der Waals surface area contributed by atoms with Gasteiger partial charge in [-0.15, -0.1) is 0 Å². The molecule has 2 rings (SSSR count). The minimum atomic E-state index is 0.358. The zero-order valence-electron chi connectivity index (χ0n) is 13.5. The van der Waals surface area contributed by atoms with Crippen molar-refractivity contribution in [1.29, 1.82) is 0 Å². The van der Waals surface area contributed by atoms with Gasteiger partial charge in [0.1, 0.15) is 0 Å². The molecule has 1 aliphatic heterocycles. The van der Waals surface area contributed by atoms with E-state index in [-0.39, 0.29) is 0 Å². The van der Waals surface area contributed by atoms with Gasteiger partial charge >= 0.3 is 0 Å². The fourth-order valence-electron chi connectivity index (χ4n) is 5.07. The highest BCUT2D eigenvalue weighted by molar-refractivity contribution is 7.99. The van der Waals surface area contributed by atoms with Crippen LogP contribution in [0.2, 0.25) is 0 Å². The predicted molar refractivity (Wildman–Crippen MR) is 84.1 cm³/mol. The van der Waals surface area contributed by atoms with E-state index >= 15 is 0 Å². The Morgan fingerprint density at radius 1 is 0.611 bits per heavy atom. The second-order valence-corrected chi connectivity index (χ2v) is 9.94. The van der Waals surface area contributed by atoms with Gasteiger partial charge in [-0.3, -0.25) is 0 Å². The van der Waals surface area contributed by atoms with Gasteiger partial charge in [0.25, 0.3) is 0 Å². The molecule has 1 aliphatic carbocycles. The molecule has 1 heterocycles. The summed E-state index contributed by atoms with van der Waals surface area (Å²) in [7, 11) is 0. The lowest BCUT2D eigenvalue weighted by Gasteiger charge is -2.59. The van der Waals surface area contributed by atoms with Gasteiger partial charge in [0, 0.05) is 11.5 Å². The Morgan fingerprint density at radius 2 is 0.944 bits per heavy atom. The smallest absolute Gasteiger partial charge is 0.00219 e. The quantitative estimate of drug-likeness (QED) is 0.519. The van der Waals surface area contributed by atoms with Gasteiger partial charge in [-0.25, -0.2) is 0 Å². The van der Waals surface area contributed by atoms with E-state index in [0.717, 1.165) is 0 Å². The summed E-state index contributed by atoms with van der Waals surface area (Å²) in [6.07, 6.45) is 1.33. The van der Waals surface area contributed by atoms with Crippen LogP contribution in [0.3, 0.4) is 0 Å². The highest BCUT2D eigenvalue weighted by Gasteiger charge is 2.54. The van der Waals surface area contributed by atoms with Crippen molar-refractivity contribution in [3.8, 4) is 0 Å². The highest BCUT2D eigenvalue weighted by atomic mass is 32.2. The molecule has 1 heteroatoms. The maximum Gasteiger partial charge on any atom is 0.00219 e. The molecule has 0 N–H and O–H groups in total. The molecule has 0 aromatic rings. The average molecular weight is 266 g/mol. The maximum absolute atomic E-state index is 2.45. The minimum absolute atomic E-state index is 0.358. The summed E-state index contributed by atoms with van der Waals surface area (Å²) in [6.45, 7) is 19.6. The molecular weight excluding hydrogens is 236 g/mol. The molecule has 0 atom stereocenters. The van der Waals surface area contributed by atoms with Gasteiger partial charge in [0.15, 0.2) is 0 Å². The molecule has 0 unspecified atom stereocenters. The first kappa shape index (κ1) is 14.5. The van der Waals surface area contributed by atoms with Crippen LogP contribution < -0.4 is 0 Å². The summed E-state index contributed by atoms with van der Waals surface area (Å²) in [5.41, 5.74) is 5.08. The first-order valence-corrected chi connectivity index (χ1v) is 8.40. The van der Waals surface area contributed by atoms with Crippen LogP contribution in [0.15, 0.2) is 11.1 Å². The van der Waals surface area contributed by atoms with Crippen LogP contribution in [0.4, 0.5) is 0 Å². The van der Waals surface area contributed by atoms with Crippen molar-refractivity contribution in [3.63, 3.8) is 0 Å². The summed E-state index contributed by atoms with van der Waals surface area (Å²) >= 11 is 2.13. The summed E-state index contributed by atoms with van der Waals surface area (Å²) in [4.78, 5) is 0. The number of thioether (sulfide) groups is 1. The van der Waals surface area contributed by atoms with Crippen molar-refractivity contribution in [2.75, 3.05) is 11.5 Å². The van der Waals surface area contributed by atoms with Crippen molar-refractivity contribution in [3.05, 3.63) is 11.1 Å². The Bertz CT molecular complexity index is 360. The lowest BCUT2D eigenvalue weighted by atomic mass is 9.47. The fraction of sp³-hybridized carbons (Fsp3) is 0.882. The van der Waals surface area contributed by atoms with Crippen LogP contribution >= 0.6 is 11.8 Å². The lowest BCUT2D eigenvalue weighted by molar-refractivity contribution is 0.112. The van der Waals surface area contributed by atoms with E-state index in [9.17, 15) is 0 Å². The third kappa shape index (κ3) is 2.07. The highest BCUT2D eigenvalue weighted by Crippen LogP contribution is 2.65. The van der Waals surface area contributed by atoms with Crippen LogP contribution in [0.1, 0.15) is 61.8 Å². The molecule has 2 aliphatic rings. The Hall–Kier alpha value is 0.0900. The molecule has 18 heavy (non-hydrogen) atoms. The van der Waals surface area contributed by atoms with Crippen molar-refractivity contribution in [1.82, 2.24) is 0 Å². The molecule has 0 radical (unpaired) electrons. The van der Waals surface area contributed by atoms with E-state index in [4.69, 9.17) is 0 Å². The average Bonchev–Trinajstić information content (AvgIpc) is 2.08. The van der Waals surface area contributed by atoms with E-state index in [1.165, 1.54) is 17.9 Å². The van der Waals surface area contributed by atoms with E-state index in [2.05, 4.69) is 67.2 Å². The van der Waals surface area contributed by atoms with Crippen molar-refractivity contribution in [2.45, 2.75) is 61.8 Å². The van der Waals surface area contributed by atoms with Crippen LogP contribution in [0, 0.1) is 21.7 Å². The van der Waals surface area contributed by atoms with E-state index in [1.54, 1.807) is 11.1 Å². The number of hydrogen-bond acceptors (Lipinski definition) is 1. The van der Waals surface area contributed by atoms with Gasteiger partial charge in [-0.05, 0) is 28.1 Å². The summed E-state index contributed by atoms with van der Waals surface area (Å²) in [5, 5.41) is 0. The first-order chi connectivity index (χ1) is 7.90. The molecule has 1 saturated carbocycles. The van der Waals surface area contributed by atoms with Gasteiger partial charge in [0.05, 0.1) is 0 Å². The first-order valence-electron chi connectivity index (χ1n) is 7.24. The van der Waals surface area contributed by atoms with E-state index in [0.29, 0.717) is 21.7 Å². The fourth-order valence-corrected chi connectivity index (χ4v) is 6.48. The Labute approximate surface area is 118 Å². The predicted octanol–water partition coefficient (Wildman–Crippen LogP) is 5.54. The second-order valence-electron chi connectivity index (χ2n) is 8.96. The molecule has 0 bridgehead atoms. The van der Waals surface area contributed by atoms with Gasteiger partial charge in [-0.1, -0.05) is 66.5 Å². The number of hydrogen-bond donors (Lipinski definition) is 0. The van der Waals surface area contributed by atoms with E-state index in [1.807, 2.05) is 0 Å². The minimum Gasteiger partial charge on any atom is -0.160 e. The summed E-state index contributed by atoms with van der Waals surface area (Å²) < 4.78 is 0. The van der Waals surface area contributed by atoms with Crippen molar-refractivity contribution >= 4 is 11.8 Å². The summed E-state index contributed by atoms with van der Waals surface area (Å²) in [5.74, 6) is 2.56. The summed E-state index contributed by atoms with van der Waals surface area (Å²) in [6, 6.07) is 0. The standard InChI is InChI=1S/C17H30S/c1-14(2)9-15(3,4)12(14)13-16(5,6)10-18-11-17(13,7)8/h9-11H2,1-8H3. The van der Waals surface area contributed by atoms with Crippen molar-refractivity contribution in [2.24, 2.45) is 21.7 Å². The molecule has 1 saturated heterocycles. The molecule has 0 amide bonds. The molecular formula is C17H30S. The zero-order valence-corrected chi connectivity index (χ0v) is 14.3. The van der Waals surface area contributed by atoms with Crippen LogP contribution in [0.25, 0.3) is 0 Å². The molecule has 2 fully saturated rings. The van der Waals surface area contributed by atoms with Gasteiger partial charge in [0.2, 0.25) is 0 Å². The van der Waals surface area contributed by atoms with Gasteiger partial charge < -0.3 is 0 Å². The SMILES string of the molecule is CC1(C)CSCC(C)(C)C1=C1C(C)(C)CC1(C)C. The van der Waals surface area contributed by atoms with Crippen LogP contribution in [-0.2, 0) is 0 Å². The second kappa shape index (κ2) is 3.81. The normalized spacial score (nSPS) is 32.0. The Balaban J connectivity index is 2.63. The molecule has 104 valence electrons. The number of allylic oxidation sites excluding steroid dienone is 2. The largest absolute Gasteiger partial charge is 0.160 e. The zero-order chi connectivity index (χ0) is 14.0. The maximum atomic E-state index is 2.45. The van der Waals surface area contributed by atoms with Crippen molar-refractivity contribution < 1.29 is 0 Å². The molecule has 0 nitrogen and oxygen atoms in total. The monoisotopic (exact) mass is 266 g/mol. The van der Waals surface area contributed by atoms with E-state index < -0.39 is 0 Å². The lowest BCUT2D eigenvalue weighted by Crippen LogP contribution is -2.49. The van der Waals surface area contributed by atoms with Crippen LogP contribution in [0.5, 0.6) is 0 Å². The third-order valence-electron chi connectivity index (χ3n) is 4.77. The molecule has 0 aromatic carbocycles. The van der Waals surface area contributed by atoms with Gasteiger partial charge in [-0.2, -0.15) is 11.8 Å². The molecule has 0 spiro atoms. The number of rotatable bonds is 0. The third-order valence-corrected chi connectivity index (χ3v) is 6.62. The Kier molecular flexibility index (Phi) is 3.07.